The molecule has 0 bridgehead atoms. The number of thioether (sulfide) groups is 1. The summed E-state index contributed by atoms with van der Waals surface area (Å²) in [7, 11) is 2.01. The number of nitrogens with one attached hydrogen (secondary N) is 2. The van der Waals surface area contributed by atoms with E-state index in [1.165, 1.54) is 12.2 Å². The van der Waals surface area contributed by atoms with Crippen LogP contribution < -0.4 is 5.32 Å². The molecule has 1 aliphatic heterocycles. The van der Waals surface area contributed by atoms with Gasteiger partial charge in [-0.3, -0.25) is 14.8 Å². The van der Waals surface area contributed by atoms with Crippen molar-refractivity contribution in [3.8, 4) is 0 Å². The minimum atomic E-state index is -0.0192. The van der Waals surface area contributed by atoms with Crippen molar-refractivity contribution >= 4 is 39.4 Å². The molecule has 2 N–H and O–H groups in total. The third kappa shape index (κ3) is 3.73. The number of likely N-dealkylation sites (N-methyl/N-ethyl adjacent to an activating group) is 1. The second-order valence-electron chi connectivity index (χ2n) is 4.70. The molecule has 1 saturated heterocycles. The van der Waals surface area contributed by atoms with Crippen LogP contribution in [0.1, 0.15) is 19.0 Å². The summed E-state index contributed by atoms with van der Waals surface area (Å²) in [6.45, 7) is 2.45. The van der Waals surface area contributed by atoms with E-state index in [2.05, 4.69) is 36.3 Å². The highest BCUT2D eigenvalue weighted by atomic mass is 79.9. The average molecular weight is 347 g/mol. The van der Waals surface area contributed by atoms with E-state index in [9.17, 15) is 4.79 Å². The molecule has 0 unspecified atom stereocenters. The first kappa shape index (κ1) is 14.9. The van der Waals surface area contributed by atoms with Crippen molar-refractivity contribution in [3.05, 3.63) is 10.2 Å². The zero-order chi connectivity index (χ0) is 13.8. The Morgan fingerprint density at radius 2 is 2.47 bits per heavy atom. The molecule has 1 atom stereocenters. The Labute approximate surface area is 126 Å². The number of aromatic nitrogens is 2. The van der Waals surface area contributed by atoms with E-state index in [4.69, 9.17) is 0 Å². The molecular weight excluding hydrogens is 328 g/mol. The van der Waals surface area contributed by atoms with E-state index in [1.807, 2.05) is 25.7 Å². The first-order valence-electron chi connectivity index (χ1n) is 6.42. The maximum Gasteiger partial charge on any atom is 0.239 e. The number of nitrogens with zero attached hydrogens (tertiary/aromatic N) is 2. The van der Waals surface area contributed by atoms with Gasteiger partial charge in [-0.05, 0) is 41.6 Å². The summed E-state index contributed by atoms with van der Waals surface area (Å²) in [4.78, 5) is 14.1. The van der Waals surface area contributed by atoms with Crippen LogP contribution in [0.2, 0.25) is 0 Å². The molecule has 5 nitrogen and oxygen atoms in total. The molecule has 2 heterocycles. The molecule has 1 fully saturated rings. The van der Waals surface area contributed by atoms with Gasteiger partial charge in [-0.2, -0.15) is 16.9 Å². The predicted molar refractivity (Wildman–Crippen MR) is 82.7 cm³/mol. The van der Waals surface area contributed by atoms with E-state index in [-0.39, 0.29) is 5.91 Å². The summed E-state index contributed by atoms with van der Waals surface area (Å²) in [6, 6.07) is 0.518. The fourth-order valence-electron chi connectivity index (χ4n) is 2.08. The fraction of sp³-hybridized carbons (Fsp3) is 0.667. The largest absolute Gasteiger partial charge is 0.307 e. The van der Waals surface area contributed by atoms with Gasteiger partial charge < -0.3 is 5.32 Å². The number of H-pyrrole nitrogens is 1. The quantitative estimate of drug-likeness (QED) is 0.857. The standard InChI is InChI=1S/C12H19BrN4OS/c1-3-9-11(13)12(16-15-9)14-10(18)6-17(2)8-4-5-19-7-8/h8H,3-7H2,1-2H3,(H2,14,15,16,18)/t8-/m1/s1. The van der Waals surface area contributed by atoms with Crippen LogP contribution in [-0.4, -0.2) is 52.1 Å². The number of carbonyl (C=O) groups excluding carboxylic acids is 1. The number of hydrogen-bond acceptors (Lipinski definition) is 4. The molecule has 19 heavy (non-hydrogen) atoms. The lowest BCUT2D eigenvalue weighted by molar-refractivity contribution is -0.117. The van der Waals surface area contributed by atoms with Crippen LogP contribution in [0.25, 0.3) is 0 Å². The van der Waals surface area contributed by atoms with Crippen molar-refractivity contribution in [1.82, 2.24) is 15.1 Å². The lowest BCUT2D eigenvalue weighted by Crippen LogP contribution is -2.38. The zero-order valence-electron chi connectivity index (χ0n) is 11.2. The van der Waals surface area contributed by atoms with Gasteiger partial charge in [0.25, 0.3) is 0 Å². The summed E-state index contributed by atoms with van der Waals surface area (Å²) in [6.07, 6.45) is 2.02. The molecule has 0 aliphatic carbocycles. The Morgan fingerprint density at radius 3 is 3.05 bits per heavy atom. The Kier molecular flexibility index (Phi) is 5.29. The van der Waals surface area contributed by atoms with Crippen molar-refractivity contribution in [2.45, 2.75) is 25.8 Å². The molecule has 1 amide bonds. The van der Waals surface area contributed by atoms with E-state index < -0.39 is 0 Å². The van der Waals surface area contributed by atoms with Gasteiger partial charge in [0.1, 0.15) is 0 Å². The molecule has 1 aromatic rings. The van der Waals surface area contributed by atoms with E-state index >= 15 is 0 Å². The molecule has 106 valence electrons. The van der Waals surface area contributed by atoms with E-state index in [1.54, 1.807) is 0 Å². The predicted octanol–water partition coefficient (Wildman–Crippen LogP) is 2.11. The topological polar surface area (TPSA) is 61.0 Å². The summed E-state index contributed by atoms with van der Waals surface area (Å²) in [5.41, 5.74) is 0.996. The van der Waals surface area contributed by atoms with Gasteiger partial charge in [0.2, 0.25) is 5.91 Å². The number of halogens is 1. The third-order valence-corrected chi connectivity index (χ3v) is 5.31. The van der Waals surface area contributed by atoms with Crippen LogP contribution in [-0.2, 0) is 11.2 Å². The Morgan fingerprint density at radius 1 is 1.68 bits per heavy atom. The number of hydrogen-bond donors (Lipinski definition) is 2. The lowest BCUT2D eigenvalue weighted by Gasteiger charge is -2.22. The smallest absolute Gasteiger partial charge is 0.239 e. The number of amides is 1. The van der Waals surface area contributed by atoms with Crippen molar-refractivity contribution in [1.29, 1.82) is 0 Å². The lowest BCUT2D eigenvalue weighted by atomic mass is 10.2. The maximum absolute atomic E-state index is 12.0. The van der Waals surface area contributed by atoms with Crippen LogP contribution in [0.15, 0.2) is 4.47 Å². The van der Waals surface area contributed by atoms with E-state index in [0.717, 1.165) is 22.3 Å². The molecule has 2 rings (SSSR count). The SMILES string of the molecule is CCc1[nH]nc(NC(=O)CN(C)[C@@H]2CCSC2)c1Br. The molecule has 0 saturated carbocycles. The molecule has 0 radical (unpaired) electrons. The van der Waals surface area contributed by atoms with Crippen LogP contribution in [0.4, 0.5) is 5.82 Å². The van der Waals surface area contributed by atoms with Gasteiger partial charge in [-0.15, -0.1) is 0 Å². The summed E-state index contributed by atoms with van der Waals surface area (Å²) >= 11 is 5.40. The number of aromatic amines is 1. The van der Waals surface area contributed by atoms with Crippen molar-refractivity contribution in [3.63, 3.8) is 0 Å². The zero-order valence-corrected chi connectivity index (χ0v) is 13.6. The van der Waals surface area contributed by atoms with Crippen molar-refractivity contribution in [2.24, 2.45) is 0 Å². The minimum absolute atomic E-state index is 0.0192. The molecular formula is C12H19BrN4OS. The number of aryl methyl sites for hydroxylation is 1. The highest BCUT2D eigenvalue weighted by Gasteiger charge is 2.22. The highest BCUT2D eigenvalue weighted by Crippen LogP contribution is 2.24. The van der Waals surface area contributed by atoms with Gasteiger partial charge >= 0.3 is 0 Å². The first-order valence-corrected chi connectivity index (χ1v) is 8.37. The molecule has 1 aliphatic rings. The Hall–Kier alpha value is -0.530. The van der Waals surface area contributed by atoms with Crippen molar-refractivity contribution < 1.29 is 4.79 Å². The second-order valence-corrected chi connectivity index (χ2v) is 6.64. The number of rotatable bonds is 5. The summed E-state index contributed by atoms with van der Waals surface area (Å²) in [5.74, 6) is 2.88. The first-order chi connectivity index (χ1) is 9.11. The Bertz CT molecular complexity index is 445. The van der Waals surface area contributed by atoms with Crippen LogP contribution >= 0.6 is 27.7 Å². The number of anilines is 1. The van der Waals surface area contributed by atoms with Gasteiger partial charge in [0.05, 0.1) is 16.7 Å². The molecule has 1 aromatic heterocycles. The average Bonchev–Trinajstić information content (AvgIpc) is 3.00. The normalized spacial score (nSPS) is 19.1. The third-order valence-electron chi connectivity index (χ3n) is 3.31. The monoisotopic (exact) mass is 346 g/mol. The van der Waals surface area contributed by atoms with E-state index in [0.29, 0.717) is 18.4 Å². The molecule has 0 aromatic carbocycles. The second kappa shape index (κ2) is 6.76. The molecule has 0 spiro atoms. The van der Waals surface area contributed by atoms with Gasteiger partial charge in [-0.25, -0.2) is 0 Å². The van der Waals surface area contributed by atoms with Crippen LogP contribution in [0.3, 0.4) is 0 Å². The summed E-state index contributed by atoms with van der Waals surface area (Å²) < 4.78 is 0.849. The van der Waals surface area contributed by atoms with Crippen LogP contribution in [0, 0.1) is 0 Å². The summed E-state index contributed by atoms with van der Waals surface area (Å²) in [5, 5.41) is 9.86. The highest BCUT2D eigenvalue weighted by molar-refractivity contribution is 9.10. The minimum Gasteiger partial charge on any atom is -0.307 e. The fourth-order valence-corrected chi connectivity index (χ4v) is 3.93. The van der Waals surface area contributed by atoms with Gasteiger partial charge in [-0.1, -0.05) is 6.92 Å². The van der Waals surface area contributed by atoms with Crippen molar-refractivity contribution in [2.75, 3.05) is 30.4 Å². The van der Waals surface area contributed by atoms with Gasteiger partial charge in [0.15, 0.2) is 5.82 Å². The molecule has 7 heteroatoms. The van der Waals surface area contributed by atoms with Crippen LogP contribution in [0.5, 0.6) is 0 Å². The van der Waals surface area contributed by atoms with Gasteiger partial charge in [0, 0.05) is 11.8 Å². The number of carbonyl (C=O) groups is 1. The maximum atomic E-state index is 12.0. The Balaban J connectivity index is 1.88.